The van der Waals surface area contributed by atoms with Crippen molar-refractivity contribution in [2.24, 2.45) is 5.92 Å². The van der Waals surface area contributed by atoms with Crippen molar-refractivity contribution in [3.8, 4) is 0 Å². The van der Waals surface area contributed by atoms with Crippen LogP contribution in [0.15, 0.2) is 24.3 Å². The standard InChI is InChI=1S/C25H36FN3O3/c26-22-6-4-5-20(17-22)9-12-28-18-21(7-8-23(28)30)24(31)27-19-25(10-2-1-3-11-25)29-13-15-32-16-14-29/h4-6,17,21H,1-3,7-16,18-19H2,(H,27,31). The molecule has 7 heteroatoms. The fourth-order valence-corrected chi connectivity index (χ4v) is 5.55. The zero-order valence-electron chi connectivity index (χ0n) is 19.0. The third-order valence-corrected chi connectivity index (χ3v) is 7.49. The Labute approximate surface area is 190 Å². The van der Waals surface area contributed by atoms with Gasteiger partial charge in [0, 0.05) is 44.7 Å². The van der Waals surface area contributed by atoms with Crippen molar-refractivity contribution in [3.63, 3.8) is 0 Å². The number of nitrogens with one attached hydrogen (secondary N) is 1. The summed E-state index contributed by atoms with van der Waals surface area (Å²) in [6.07, 6.45) is 7.52. The normalized spacial score (nSPS) is 24.3. The van der Waals surface area contributed by atoms with Gasteiger partial charge in [-0.15, -0.1) is 0 Å². The Hall–Kier alpha value is -1.99. The van der Waals surface area contributed by atoms with E-state index >= 15 is 0 Å². The highest BCUT2D eigenvalue weighted by Gasteiger charge is 2.39. The molecule has 1 N–H and O–H groups in total. The zero-order chi connectivity index (χ0) is 22.4. The molecule has 0 aromatic heterocycles. The quantitative estimate of drug-likeness (QED) is 0.701. The van der Waals surface area contributed by atoms with Crippen LogP contribution in [0.5, 0.6) is 0 Å². The van der Waals surface area contributed by atoms with E-state index in [1.165, 1.54) is 31.4 Å². The van der Waals surface area contributed by atoms with Crippen LogP contribution in [0.25, 0.3) is 0 Å². The summed E-state index contributed by atoms with van der Waals surface area (Å²) in [5, 5.41) is 3.27. The van der Waals surface area contributed by atoms with E-state index in [9.17, 15) is 14.0 Å². The first-order chi connectivity index (χ1) is 15.6. The second-order valence-corrected chi connectivity index (χ2v) is 9.56. The van der Waals surface area contributed by atoms with Gasteiger partial charge in [-0.2, -0.15) is 0 Å². The van der Waals surface area contributed by atoms with Gasteiger partial charge in [-0.3, -0.25) is 14.5 Å². The first-order valence-corrected chi connectivity index (χ1v) is 12.2. The summed E-state index contributed by atoms with van der Waals surface area (Å²) >= 11 is 0. The van der Waals surface area contributed by atoms with Crippen molar-refractivity contribution in [1.29, 1.82) is 0 Å². The lowest BCUT2D eigenvalue weighted by molar-refractivity contribution is -0.138. The zero-order valence-corrected chi connectivity index (χ0v) is 19.0. The molecule has 1 aromatic rings. The monoisotopic (exact) mass is 445 g/mol. The summed E-state index contributed by atoms with van der Waals surface area (Å²) in [6.45, 7) is 5.04. The highest BCUT2D eigenvalue weighted by atomic mass is 19.1. The smallest absolute Gasteiger partial charge is 0.224 e. The first-order valence-electron chi connectivity index (χ1n) is 12.2. The van der Waals surface area contributed by atoms with Crippen LogP contribution in [-0.4, -0.2) is 73.1 Å². The Morgan fingerprint density at radius 2 is 1.97 bits per heavy atom. The number of nitrogens with zero attached hydrogens (tertiary/aromatic N) is 2. The molecule has 1 unspecified atom stereocenters. The first kappa shape index (κ1) is 23.2. The van der Waals surface area contributed by atoms with Crippen LogP contribution >= 0.6 is 0 Å². The second-order valence-electron chi connectivity index (χ2n) is 9.56. The fourth-order valence-electron chi connectivity index (χ4n) is 5.55. The molecule has 2 amide bonds. The predicted molar refractivity (Wildman–Crippen MR) is 121 cm³/mol. The van der Waals surface area contributed by atoms with Crippen LogP contribution in [0.2, 0.25) is 0 Å². The fraction of sp³-hybridized carbons (Fsp3) is 0.680. The lowest BCUT2D eigenvalue weighted by Crippen LogP contribution is -2.60. The van der Waals surface area contributed by atoms with E-state index in [0.717, 1.165) is 44.7 Å². The number of piperidine rings is 1. The maximum absolute atomic E-state index is 13.4. The van der Waals surface area contributed by atoms with Gasteiger partial charge >= 0.3 is 0 Å². The third kappa shape index (κ3) is 5.67. The highest BCUT2D eigenvalue weighted by molar-refractivity contribution is 5.83. The molecule has 2 aliphatic heterocycles. The van der Waals surface area contributed by atoms with Crippen LogP contribution in [0.4, 0.5) is 4.39 Å². The summed E-state index contributed by atoms with van der Waals surface area (Å²) < 4.78 is 19.0. The van der Waals surface area contributed by atoms with Gasteiger partial charge in [-0.05, 0) is 43.4 Å². The summed E-state index contributed by atoms with van der Waals surface area (Å²) in [4.78, 5) is 29.8. The molecule has 0 bridgehead atoms. The van der Waals surface area contributed by atoms with E-state index in [2.05, 4.69) is 10.2 Å². The number of carbonyl (C=O) groups excluding carboxylic acids is 2. The van der Waals surface area contributed by atoms with Crippen LogP contribution in [0, 0.1) is 11.7 Å². The van der Waals surface area contributed by atoms with Crippen molar-refractivity contribution in [2.75, 3.05) is 45.9 Å². The number of benzene rings is 1. The topological polar surface area (TPSA) is 61.9 Å². The third-order valence-electron chi connectivity index (χ3n) is 7.49. The van der Waals surface area contributed by atoms with E-state index in [-0.39, 0.29) is 29.1 Å². The van der Waals surface area contributed by atoms with E-state index in [4.69, 9.17) is 4.74 Å². The van der Waals surface area contributed by atoms with E-state index in [0.29, 0.717) is 38.9 Å². The second kappa shape index (κ2) is 10.8. The SMILES string of the molecule is O=C(NCC1(N2CCOCC2)CCCCC1)C1CCC(=O)N(CCc2cccc(F)c2)C1. The molecule has 2 saturated heterocycles. The molecular formula is C25H36FN3O3. The average molecular weight is 446 g/mol. The Morgan fingerprint density at radius 3 is 2.72 bits per heavy atom. The number of amides is 2. The molecule has 1 saturated carbocycles. The number of ether oxygens (including phenoxy) is 1. The van der Waals surface area contributed by atoms with Crippen molar-refractivity contribution in [3.05, 3.63) is 35.6 Å². The van der Waals surface area contributed by atoms with E-state index in [1.54, 1.807) is 11.0 Å². The molecule has 1 atom stereocenters. The number of carbonyl (C=O) groups is 2. The Balaban J connectivity index is 1.32. The number of rotatable bonds is 7. The number of halogens is 1. The van der Waals surface area contributed by atoms with Gasteiger partial charge in [0.1, 0.15) is 5.82 Å². The molecule has 2 heterocycles. The van der Waals surface area contributed by atoms with Gasteiger partial charge < -0.3 is 15.0 Å². The maximum Gasteiger partial charge on any atom is 0.224 e. The minimum atomic E-state index is -0.262. The number of hydrogen-bond donors (Lipinski definition) is 1. The molecule has 6 nitrogen and oxygen atoms in total. The number of likely N-dealkylation sites (tertiary alicyclic amines) is 1. The van der Waals surface area contributed by atoms with Crippen molar-refractivity contribution >= 4 is 11.8 Å². The lowest BCUT2D eigenvalue weighted by Gasteiger charge is -2.48. The van der Waals surface area contributed by atoms with Crippen LogP contribution in [0.1, 0.15) is 50.5 Å². The summed E-state index contributed by atoms with van der Waals surface area (Å²) in [5.41, 5.74) is 0.910. The van der Waals surface area contributed by atoms with Crippen LogP contribution in [-0.2, 0) is 20.7 Å². The minimum Gasteiger partial charge on any atom is -0.379 e. The van der Waals surface area contributed by atoms with Crippen LogP contribution in [0.3, 0.4) is 0 Å². The number of hydrogen-bond acceptors (Lipinski definition) is 4. The van der Waals surface area contributed by atoms with Crippen LogP contribution < -0.4 is 5.32 Å². The molecule has 1 aliphatic carbocycles. The molecule has 1 aromatic carbocycles. The number of morpholine rings is 1. The minimum absolute atomic E-state index is 0.0409. The average Bonchev–Trinajstić information content (AvgIpc) is 2.83. The summed E-state index contributed by atoms with van der Waals surface area (Å²) in [5.74, 6) is -0.291. The molecule has 176 valence electrons. The molecule has 4 rings (SSSR count). The van der Waals surface area contributed by atoms with E-state index in [1.807, 2.05) is 6.07 Å². The largest absolute Gasteiger partial charge is 0.379 e. The Morgan fingerprint density at radius 1 is 1.19 bits per heavy atom. The molecule has 0 spiro atoms. The van der Waals surface area contributed by atoms with Gasteiger partial charge in [0.05, 0.1) is 19.1 Å². The Kier molecular flexibility index (Phi) is 7.79. The molecule has 3 aliphatic rings. The Bertz CT molecular complexity index is 790. The predicted octanol–water partition coefficient (Wildman–Crippen LogP) is 2.76. The van der Waals surface area contributed by atoms with Crippen molar-refractivity contribution in [2.45, 2.75) is 56.9 Å². The van der Waals surface area contributed by atoms with Gasteiger partial charge in [-0.25, -0.2) is 4.39 Å². The molecular weight excluding hydrogens is 409 g/mol. The summed E-state index contributed by atoms with van der Waals surface area (Å²) in [6, 6.07) is 6.49. The lowest BCUT2D eigenvalue weighted by atomic mass is 9.79. The van der Waals surface area contributed by atoms with Crippen molar-refractivity contribution < 1.29 is 18.7 Å². The highest BCUT2D eigenvalue weighted by Crippen LogP contribution is 2.34. The van der Waals surface area contributed by atoms with Gasteiger partial charge in [0.25, 0.3) is 0 Å². The van der Waals surface area contributed by atoms with E-state index < -0.39 is 0 Å². The molecule has 32 heavy (non-hydrogen) atoms. The maximum atomic E-state index is 13.4. The van der Waals surface area contributed by atoms with Gasteiger partial charge in [-0.1, -0.05) is 31.4 Å². The molecule has 0 radical (unpaired) electrons. The van der Waals surface area contributed by atoms with Gasteiger partial charge in [0.15, 0.2) is 0 Å². The molecule has 3 fully saturated rings. The summed E-state index contributed by atoms with van der Waals surface area (Å²) in [7, 11) is 0. The van der Waals surface area contributed by atoms with Gasteiger partial charge in [0.2, 0.25) is 11.8 Å². The van der Waals surface area contributed by atoms with Crippen molar-refractivity contribution in [1.82, 2.24) is 15.1 Å².